The Morgan fingerprint density at radius 2 is 1.61 bits per heavy atom. The molecule has 2 heteroatoms. The molecule has 0 amide bonds. The minimum Gasteiger partial charge on any atom is -0.437 e. The molecule has 0 aromatic heterocycles. The van der Waals surface area contributed by atoms with Gasteiger partial charge in [-0.2, -0.15) is 0 Å². The van der Waals surface area contributed by atoms with Crippen LogP contribution in [0.5, 0.6) is 0 Å². The summed E-state index contributed by atoms with van der Waals surface area (Å²) in [5, 5.41) is 0. The van der Waals surface area contributed by atoms with Gasteiger partial charge in [-0.15, -0.1) is 0 Å². The van der Waals surface area contributed by atoms with Crippen LogP contribution < -0.4 is 0 Å². The molecule has 0 atom stereocenters. The Labute approximate surface area is 137 Å². The maximum Gasteiger partial charge on any atom is 0.304 e. The molecule has 0 bridgehead atoms. The van der Waals surface area contributed by atoms with Crippen molar-refractivity contribution in [2.24, 2.45) is 0 Å². The number of fused-ring (bicyclic) bond motifs is 3. The van der Waals surface area contributed by atoms with E-state index in [0.717, 1.165) is 41.5 Å². The van der Waals surface area contributed by atoms with Crippen molar-refractivity contribution >= 4 is 5.97 Å². The highest BCUT2D eigenvalue weighted by Crippen LogP contribution is 2.49. The number of carbonyl (C=O) groups is 1. The SMILES string of the molecule is CCCCC#CC1(OC(C)=O)c2ccccc2-c2ccccc21. The summed E-state index contributed by atoms with van der Waals surface area (Å²) in [6.07, 6.45) is 2.96. The predicted molar refractivity (Wildman–Crippen MR) is 91.7 cm³/mol. The van der Waals surface area contributed by atoms with Crippen LogP contribution in [-0.4, -0.2) is 5.97 Å². The van der Waals surface area contributed by atoms with Crippen molar-refractivity contribution in [3.8, 4) is 23.0 Å². The zero-order valence-electron chi connectivity index (χ0n) is 13.6. The Hall–Kier alpha value is -2.53. The number of esters is 1. The fraction of sp³-hybridized carbons (Fsp3) is 0.286. The van der Waals surface area contributed by atoms with Crippen molar-refractivity contribution < 1.29 is 9.53 Å². The molecule has 0 spiro atoms. The molecule has 116 valence electrons. The van der Waals surface area contributed by atoms with Crippen LogP contribution >= 0.6 is 0 Å². The molecule has 0 saturated heterocycles. The number of rotatable bonds is 3. The fourth-order valence-electron chi connectivity index (χ4n) is 3.13. The molecule has 0 heterocycles. The van der Waals surface area contributed by atoms with Crippen LogP contribution in [0.3, 0.4) is 0 Å². The highest BCUT2D eigenvalue weighted by atomic mass is 16.6. The Kier molecular flexibility index (Phi) is 4.21. The number of unbranched alkanes of at least 4 members (excludes halogenated alkanes) is 2. The lowest BCUT2D eigenvalue weighted by Gasteiger charge is -2.25. The first kappa shape index (κ1) is 15.4. The molecule has 2 aromatic carbocycles. The van der Waals surface area contributed by atoms with Gasteiger partial charge in [0.1, 0.15) is 0 Å². The van der Waals surface area contributed by atoms with Crippen LogP contribution in [-0.2, 0) is 15.1 Å². The zero-order valence-corrected chi connectivity index (χ0v) is 13.6. The molecule has 2 aromatic rings. The van der Waals surface area contributed by atoms with Gasteiger partial charge >= 0.3 is 5.97 Å². The van der Waals surface area contributed by atoms with E-state index >= 15 is 0 Å². The standard InChI is InChI=1S/C21H20O2/c1-3-4-5-10-15-21(23-16(2)22)19-13-8-6-11-17(19)18-12-7-9-14-20(18)21/h6-9,11-14H,3-5H2,1-2H3. The lowest BCUT2D eigenvalue weighted by molar-refractivity contribution is -0.149. The molecule has 1 aliphatic rings. The molecule has 0 unspecified atom stereocenters. The van der Waals surface area contributed by atoms with Gasteiger partial charge in [-0.05, 0) is 23.5 Å². The van der Waals surface area contributed by atoms with E-state index in [0.29, 0.717) is 0 Å². The summed E-state index contributed by atoms with van der Waals surface area (Å²) >= 11 is 0. The topological polar surface area (TPSA) is 26.3 Å². The van der Waals surface area contributed by atoms with Crippen molar-refractivity contribution in [1.29, 1.82) is 0 Å². The summed E-state index contributed by atoms with van der Waals surface area (Å²) in [5.41, 5.74) is 3.12. The van der Waals surface area contributed by atoms with E-state index in [1.807, 2.05) is 36.4 Å². The third-order valence-electron chi connectivity index (χ3n) is 4.12. The summed E-state index contributed by atoms with van der Waals surface area (Å²) in [4.78, 5) is 11.8. The second-order valence-corrected chi connectivity index (χ2v) is 5.77. The molecular formula is C21H20O2. The summed E-state index contributed by atoms with van der Waals surface area (Å²) in [7, 11) is 0. The predicted octanol–water partition coefficient (Wildman–Crippen LogP) is 4.67. The molecule has 23 heavy (non-hydrogen) atoms. The monoisotopic (exact) mass is 304 g/mol. The quantitative estimate of drug-likeness (QED) is 0.468. The van der Waals surface area contributed by atoms with Crippen LogP contribution in [0, 0.1) is 11.8 Å². The average molecular weight is 304 g/mol. The number of carbonyl (C=O) groups excluding carboxylic acids is 1. The second kappa shape index (κ2) is 6.30. The normalized spacial score (nSPS) is 13.5. The second-order valence-electron chi connectivity index (χ2n) is 5.77. The lowest BCUT2D eigenvalue weighted by Crippen LogP contribution is -2.29. The maximum atomic E-state index is 11.8. The molecule has 0 saturated carbocycles. The van der Waals surface area contributed by atoms with E-state index in [1.165, 1.54) is 6.92 Å². The molecular weight excluding hydrogens is 284 g/mol. The molecule has 0 radical (unpaired) electrons. The van der Waals surface area contributed by atoms with Crippen LogP contribution in [0.4, 0.5) is 0 Å². The van der Waals surface area contributed by atoms with Gasteiger partial charge in [0.05, 0.1) is 0 Å². The van der Waals surface area contributed by atoms with Crippen molar-refractivity contribution in [2.75, 3.05) is 0 Å². The first-order valence-corrected chi connectivity index (χ1v) is 8.08. The molecule has 0 fully saturated rings. The van der Waals surface area contributed by atoms with Gasteiger partial charge in [0.2, 0.25) is 5.60 Å². The first-order valence-electron chi connectivity index (χ1n) is 8.08. The lowest BCUT2D eigenvalue weighted by atomic mass is 9.91. The molecule has 2 nitrogen and oxygen atoms in total. The summed E-state index contributed by atoms with van der Waals surface area (Å²) in [6.45, 7) is 3.59. The smallest absolute Gasteiger partial charge is 0.304 e. The number of hydrogen-bond donors (Lipinski definition) is 0. The Morgan fingerprint density at radius 3 is 2.13 bits per heavy atom. The van der Waals surface area contributed by atoms with Gasteiger partial charge in [-0.3, -0.25) is 4.79 Å². The third-order valence-corrected chi connectivity index (χ3v) is 4.12. The summed E-state index contributed by atoms with van der Waals surface area (Å²) < 4.78 is 5.82. The molecule has 1 aliphatic carbocycles. The highest BCUT2D eigenvalue weighted by molar-refractivity contribution is 5.84. The van der Waals surface area contributed by atoms with Crippen molar-refractivity contribution in [3.63, 3.8) is 0 Å². The Bertz CT molecular complexity index is 747. The third kappa shape index (κ3) is 2.64. The number of benzene rings is 2. The van der Waals surface area contributed by atoms with Crippen LogP contribution in [0.15, 0.2) is 48.5 Å². The zero-order chi connectivity index (χ0) is 16.3. The molecule has 0 aliphatic heterocycles. The van der Waals surface area contributed by atoms with Crippen LogP contribution in [0.1, 0.15) is 44.2 Å². The number of ether oxygens (including phenoxy) is 1. The summed E-state index contributed by atoms with van der Waals surface area (Å²) in [5.74, 6) is 6.19. The van der Waals surface area contributed by atoms with E-state index in [9.17, 15) is 4.79 Å². The minimum atomic E-state index is -0.979. The van der Waals surface area contributed by atoms with E-state index < -0.39 is 5.60 Å². The maximum absolute atomic E-state index is 11.8. The summed E-state index contributed by atoms with van der Waals surface area (Å²) in [6, 6.07) is 16.1. The first-order chi connectivity index (χ1) is 11.2. The van der Waals surface area contributed by atoms with E-state index in [2.05, 4.69) is 30.9 Å². The number of hydrogen-bond acceptors (Lipinski definition) is 2. The van der Waals surface area contributed by atoms with Gasteiger partial charge in [0.25, 0.3) is 0 Å². The van der Waals surface area contributed by atoms with Gasteiger partial charge in [0.15, 0.2) is 0 Å². The molecule has 0 N–H and O–H groups in total. The van der Waals surface area contributed by atoms with Gasteiger partial charge < -0.3 is 4.74 Å². The van der Waals surface area contributed by atoms with Crippen molar-refractivity contribution in [2.45, 2.75) is 38.7 Å². The Balaban J connectivity index is 2.20. The van der Waals surface area contributed by atoms with E-state index in [1.54, 1.807) is 0 Å². The van der Waals surface area contributed by atoms with E-state index in [4.69, 9.17) is 4.74 Å². The van der Waals surface area contributed by atoms with Crippen molar-refractivity contribution in [1.82, 2.24) is 0 Å². The minimum absolute atomic E-state index is 0.318. The van der Waals surface area contributed by atoms with Crippen LogP contribution in [0.2, 0.25) is 0 Å². The van der Waals surface area contributed by atoms with Crippen LogP contribution in [0.25, 0.3) is 11.1 Å². The fourth-order valence-corrected chi connectivity index (χ4v) is 3.13. The average Bonchev–Trinajstić information content (AvgIpc) is 2.83. The van der Waals surface area contributed by atoms with Crippen molar-refractivity contribution in [3.05, 3.63) is 59.7 Å². The Morgan fingerprint density at radius 1 is 1.04 bits per heavy atom. The van der Waals surface area contributed by atoms with E-state index in [-0.39, 0.29) is 5.97 Å². The molecule has 3 rings (SSSR count). The largest absolute Gasteiger partial charge is 0.437 e. The highest BCUT2D eigenvalue weighted by Gasteiger charge is 2.44. The van der Waals surface area contributed by atoms with Gasteiger partial charge in [-0.25, -0.2) is 0 Å². The van der Waals surface area contributed by atoms with Gasteiger partial charge in [-0.1, -0.05) is 67.8 Å². The van der Waals surface area contributed by atoms with Gasteiger partial charge in [0, 0.05) is 24.5 Å².